The van der Waals surface area contributed by atoms with Gasteiger partial charge in [0.2, 0.25) is 0 Å². The summed E-state index contributed by atoms with van der Waals surface area (Å²) in [6, 6.07) is 5.44. The van der Waals surface area contributed by atoms with Crippen molar-refractivity contribution in [3.8, 4) is 0 Å². The van der Waals surface area contributed by atoms with Gasteiger partial charge in [0.1, 0.15) is 4.21 Å². The molecule has 1 atom stereocenters. The average Bonchev–Trinajstić information content (AvgIpc) is 3.34. The molecule has 0 spiro atoms. The summed E-state index contributed by atoms with van der Waals surface area (Å²) in [6.07, 6.45) is -12.7. The van der Waals surface area contributed by atoms with Crippen molar-refractivity contribution in [2.45, 2.75) is 41.6 Å². The van der Waals surface area contributed by atoms with Gasteiger partial charge in [-0.2, -0.15) is 30.6 Å². The molecule has 0 bridgehead atoms. The molecule has 2 heterocycles. The predicted octanol–water partition coefficient (Wildman–Crippen LogP) is 4.67. The second-order valence-electron chi connectivity index (χ2n) is 7.94. The molecule has 1 aliphatic heterocycles. The minimum Gasteiger partial charge on any atom is -0.377 e. The fourth-order valence-electron chi connectivity index (χ4n) is 4.03. The van der Waals surface area contributed by atoms with Crippen molar-refractivity contribution in [1.82, 2.24) is 4.31 Å². The standard InChI is InChI=1S/C21H24F6N2O4S2/c1-3-17(33-2)15-13-14(19(30,20(22,23)24)21(25,26)27)6-7-16(15)28-8-10-29(11-9-28)35(31,32)18-5-4-12-34-18/h4-7,12-13,17,30H,3,8-11H2,1-2H3/t17-/m0/s1. The lowest BCUT2D eigenvalue weighted by Gasteiger charge is -2.38. The van der Waals surface area contributed by atoms with Crippen LogP contribution < -0.4 is 4.90 Å². The van der Waals surface area contributed by atoms with Gasteiger partial charge in [-0.1, -0.05) is 19.1 Å². The highest BCUT2D eigenvalue weighted by molar-refractivity contribution is 7.91. The van der Waals surface area contributed by atoms with E-state index in [1.54, 1.807) is 23.3 Å². The Morgan fingerprint density at radius 1 is 1.06 bits per heavy atom. The van der Waals surface area contributed by atoms with E-state index in [1.165, 1.54) is 17.5 Å². The Morgan fingerprint density at radius 3 is 2.11 bits per heavy atom. The number of hydrogen-bond donors (Lipinski definition) is 1. The number of benzene rings is 1. The minimum atomic E-state index is -6.01. The van der Waals surface area contributed by atoms with Gasteiger partial charge in [-0.3, -0.25) is 0 Å². The topological polar surface area (TPSA) is 70.1 Å². The number of alkyl halides is 6. The van der Waals surface area contributed by atoms with Gasteiger partial charge in [0.05, 0.1) is 6.10 Å². The van der Waals surface area contributed by atoms with Crippen molar-refractivity contribution in [2.24, 2.45) is 0 Å². The van der Waals surface area contributed by atoms with Gasteiger partial charge >= 0.3 is 12.4 Å². The van der Waals surface area contributed by atoms with Crippen LogP contribution >= 0.6 is 11.3 Å². The number of halogens is 6. The van der Waals surface area contributed by atoms with Gasteiger partial charge in [0.25, 0.3) is 15.6 Å². The summed E-state index contributed by atoms with van der Waals surface area (Å²) >= 11 is 1.07. The lowest BCUT2D eigenvalue weighted by molar-refractivity contribution is -0.376. The number of anilines is 1. The van der Waals surface area contributed by atoms with Gasteiger partial charge < -0.3 is 14.7 Å². The highest BCUT2D eigenvalue weighted by Gasteiger charge is 2.71. The van der Waals surface area contributed by atoms with Crippen molar-refractivity contribution in [3.05, 3.63) is 46.8 Å². The Hall–Kier alpha value is -1.87. The molecule has 0 aliphatic carbocycles. The van der Waals surface area contributed by atoms with Crippen molar-refractivity contribution in [1.29, 1.82) is 0 Å². The predicted molar refractivity (Wildman–Crippen MR) is 118 cm³/mol. The second-order valence-corrected chi connectivity index (χ2v) is 11.0. The molecule has 6 nitrogen and oxygen atoms in total. The van der Waals surface area contributed by atoms with Gasteiger partial charge in [0, 0.05) is 50.1 Å². The molecule has 0 amide bonds. The molecule has 196 valence electrons. The van der Waals surface area contributed by atoms with Crippen LogP contribution in [0.3, 0.4) is 0 Å². The van der Waals surface area contributed by atoms with Gasteiger partial charge in [-0.15, -0.1) is 11.3 Å². The summed E-state index contributed by atoms with van der Waals surface area (Å²) < 4.78 is 113. The highest BCUT2D eigenvalue weighted by atomic mass is 32.2. The van der Waals surface area contributed by atoms with Gasteiger partial charge in [-0.05, 0) is 30.0 Å². The van der Waals surface area contributed by atoms with E-state index in [-0.39, 0.29) is 42.4 Å². The summed E-state index contributed by atoms with van der Waals surface area (Å²) in [4.78, 5) is 1.68. The van der Waals surface area contributed by atoms with Crippen molar-refractivity contribution in [2.75, 3.05) is 38.2 Å². The molecule has 0 saturated carbocycles. The molecule has 0 unspecified atom stereocenters. The lowest BCUT2D eigenvalue weighted by atomic mass is 9.88. The third kappa shape index (κ3) is 5.03. The van der Waals surface area contributed by atoms with E-state index in [4.69, 9.17) is 4.74 Å². The van der Waals surface area contributed by atoms with Crippen molar-refractivity contribution < 1.29 is 44.6 Å². The number of ether oxygens (including phenoxy) is 1. The first kappa shape index (κ1) is 27.7. The van der Waals surface area contributed by atoms with E-state index in [0.717, 1.165) is 17.4 Å². The number of nitrogens with zero attached hydrogens (tertiary/aromatic N) is 2. The van der Waals surface area contributed by atoms with Crippen LogP contribution in [0.4, 0.5) is 32.0 Å². The third-order valence-electron chi connectivity index (χ3n) is 5.94. The van der Waals surface area contributed by atoms with Crippen molar-refractivity contribution in [3.63, 3.8) is 0 Å². The van der Waals surface area contributed by atoms with Crippen LogP contribution in [-0.2, 0) is 20.4 Å². The number of sulfonamides is 1. The number of aliphatic hydroxyl groups is 1. The van der Waals surface area contributed by atoms with E-state index in [1.807, 2.05) is 0 Å². The Morgan fingerprint density at radius 2 is 1.66 bits per heavy atom. The molecule has 1 aromatic carbocycles. The first-order valence-corrected chi connectivity index (χ1v) is 12.8. The van der Waals surface area contributed by atoms with Crippen LogP contribution in [0.1, 0.15) is 30.6 Å². The zero-order valence-corrected chi connectivity index (χ0v) is 20.4. The smallest absolute Gasteiger partial charge is 0.377 e. The largest absolute Gasteiger partial charge is 0.430 e. The van der Waals surface area contributed by atoms with Crippen LogP contribution in [0.2, 0.25) is 0 Å². The number of piperazine rings is 1. The molecular formula is C21H24F6N2O4S2. The number of thiophene rings is 1. The summed E-state index contributed by atoms with van der Waals surface area (Å²) in [7, 11) is -2.43. The summed E-state index contributed by atoms with van der Waals surface area (Å²) in [5, 5.41) is 11.5. The Labute approximate surface area is 202 Å². The third-order valence-corrected chi connectivity index (χ3v) is 9.21. The van der Waals surface area contributed by atoms with Crippen LogP contribution in [0.25, 0.3) is 0 Å². The molecule has 1 fully saturated rings. The monoisotopic (exact) mass is 546 g/mol. The molecule has 35 heavy (non-hydrogen) atoms. The molecule has 3 rings (SSSR count). The first-order valence-electron chi connectivity index (χ1n) is 10.5. The van der Waals surface area contributed by atoms with E-state index in [9.17, 15) is 39.9 Å². The fraction of sp³-hybridized carbons (Fsp3) is 0.524. The summed E-state index contributed by atoms with van der Waals surface area (Å²) in [5.41, 5.74) is -6.09. The van der Waals surface area contributed by atoms with Crippen LogP contribution in [-0.4, -0.2) is 63.5 Å². The maximum absolute atomic E-state index is 13.4. The number of rotatable bonds is 7. The Kier molecular flexibility index (Phi) is 7.83. The minimum absolute atomic E-state index is 0.0361. The molecule has 1 N–H and O–H groups in total. The average molecular weight is 547 g/mol. The second kappa shape index (κ2) is 9.88. The Balaban J connectivity index is 1.98. The van der Waals surface area contributed by atoms with E-state index < -0.39 is 39.6 Å². The van der Waals surface area contributed by atoms with Gasteiger partial charge in [0.15, 0.2) is 0 Å². The summed E-state index contributed by atoms with van der Waals surface area (Å²) in [6.45, 7) is 2.09. The Bertz CT molecular complexity index is 1090. The van der Waals surface area contributed by atoms with Crippen molar-refractivity contribution >= 4 is 27.0 Å². The molecular weight excluding hydrogens is 522 g/mol. The molecule has 1 saturated heterocycles. The zero-order valence-electron chi connectivity index (χ0n) is 18.7. The van der Waals surface area contributed by atoms with Gasteiger partial charge in [-0.25, -0.2) is 8.42 Å². The van der Waals surface area contributed by atoms with E-state index >= 15 is 0 Å². The molecule has 1 aromatic heterocycles. The van der Waals surface area contributed by atoms with E-state index in [0.29, 0.717) is 17.8 Å². The highest BCUT2D eigenvalue weighted by Crippen LogP contribution is 2.51. The van der Waals surface area contributed by atoms with Crippen LogP contribution in [0.15, 0.2) is 39.9 Å². The quantitative estimate of drug-likeness (QED) is 0.512. The SMILES string of the molecule is CC[C@H](OC)c1cc(C(O)(C(F)(F)F)C(F)(F)F)ccc1N1CCN(S(=O)(=O)c2cccs2)CC1. The van der Waals surface area contributed by atoms with E-state index in [2.05, 4.69) is 0 Å². The summed E-state index contributed by atoms with van der Waals surface area (Å²) in [5.74, 6) is 0. The number of methoxy groups -OCH3 is 1. The lowest BCUT2D eigenvalue weighted by Crippen LogP contribution is -2.54. The number of hydrogen-bond acceptors (Lipinski definition) is 6. The van der Waals surface area contributed by atoms with Crippen LogP contribution in [0.5, 0.6) is 0 Å². The fourth-order valence-corrected chi connectivity index (χ4v) is 6.60. The molecule has 14 heteroatoms. The maximum Gasteiger partial charge on any atom is 0.430 e. The molecule has 0 radical (unpaired) electrons. The zero-order chi connectivity index (χ0) is 26.2. The first-order chi connectivity index (χ1) is 16.2. The normalized spacial score (nSPS) is 17.6. The maximum atomic E-state index is 13.4. The molecule has 2 aromatic rings. The molecule has 1 aliphatic rings. The van der Waals surface area contributed by atoms with Crippen LogP contribution in [0, 0.1) is 0 Å².